The number of nitrogen functional groups attached to an aromatic ring is 1. The van der Waals surface area contributed by atoms with Gasteiger partial charge < -0.3 is 15.7 Å². The molecule has 0 saturated heterocycles. The predicted molar refractivity (Wildman–Crippen MR) is 72.2 cm³/mol. The fourth-order valence-corrected chi connectivity index (χ4v) is 1.84. The number of nitrogens with zero attached hydrogens (tertiary/aromatic N) is 1. The summed E-state index contributed by atoms with van der Waals surface area (Å²) >= 11 is 0. The van der Waals surface area contributed by atoms with E-state index in [0.717, 1.165) is 12.1 Å². The second kappa shape index (κ2) is 5.16. The Balaban J connectivity index is 2.52. The van der Waals surface area contributed by atoms with Crippen molar-refractivity contribution in [2.45, 2.75) is 0 Å². The van der Waals surface area contributed by atoms with Crippen LogP contribution in [0.25, 0.3) is 0 Å². The van der Waals surface area contributed by atoms with Crippen LogP contribution in [-0.4, -0.2) is 18.1 Å². The second-order valence-corrected chi connectivity index (χ2v) is 4.23. The Kier molecular flexibility index (Phi) is 3.56. The summed E-state index contributed by atoms with van der Waals surface area (Å²) in [5.74, 6) is -2.40. The van der Waals surface area contributed by atoms with Gasteiger partial charge in [0.15, 0.2) is 0 Å². The lowest BCUT2D eigenvalue weighted by molar-refractivity contribution is 0.0698. The van der Waals surface area contributed by atoms with Gasteiger partial charge in [-0.3, -0.25) is 0 Å². The Labute approximate surface area is 114 Å². The first-order valence-electron chi connectivity index (χ1n) is 5.71. The SMILES string of the molecule is CN(c1cccc(F)c1)c1cc(C(=O)O)c(N)cc1F. The molecule has 0 spiro atoms. The maximum Gasteiger partial charge on any atom is 0.337 e. The summed E-state index contributed by atoms with van der Waals surface area (Å²) in [5, 5.41) is 9.00. The third-order valence-corrected chi connectivity index (χ3v) is 2.91. The van der Waals surface area contributed by atoms with Crippen molar-refractivity contribution in [2.24, 2.45) is 0 Å². The molecule has 2 aromatic rings. The molecular weight excluding hydrogens is 266 g/mol. The van der Waals surface area contributed by atoms with Crippen molar-refractivity contribution < 1.29 is 18.7 Å². The quantitative estimate of drug-likeness (QED) is 0.847. The third kappa shape index (κ3) is 2.54. The molecule has 0 saturated carbocycles. The van der Waals surface area contributed by atoms with Crippen molar-refractivity contribution in [3.63, 3.8) is 0 Å². The Morgan fingerprint density at radius 1 is 1.25 bits per heavy atom. The number of aromatic carboxylic acids is 1. The molecule has 0 aromatic heterocycles. The van der Waals surface area contributed by atoms with Gasteiger partial charge in [-0.1, -0.05) is 6.07 Å². The zero-order chi connectivity index (χ0) is 14.9. The summed E-state index contributed by atoms with van der Waals surface area (Å²) in [6.45, 7) is 0. The van der Waals surface area contributed by atoms with Crippen LogP contribution < -0.4 is 10.6 Å². The zero-order valence-corrected chi connectivity index (χ0v) is 10.6. The number of hydrogen-bond acceptors (Lipinski definition) is 3. The van der Waals surface area contributed by atoms with Gasteiger partial charge in [0.05, 0.1) is 11.3 Å². The predicted octanol–water partition coefficient (Wildman–Crippen LogP) is 3.01. The first-order valence-corrected chi connectivity index (χ1v) is 5.71. The summed E-state index contributed by atoms with van der Waals surface area (Å²) in [5.41, 5.74) is 5.49. The molecule has 2 aromatic carbocycles. The van der Waals surface area contributed by atoms with Crippen LogP contribution >= 0.6 is 0 Å². The molecule has 0 aliphatic carbocycles. The van der Waals surface area contributed by atoms with E-state index in [0.29, 0.717) is 5.69 Å². The van der Waals surface area contributed by atoms with Crippen LogP contribution in [0.3, 0.4) is 0 Å². The average Bonchev–Trinajstić information content (AvgIpc) is 2.37. The monoisotopic (exact) mass is 278 g/mol. The van der Waals surface area contributed by atoms with E-state index in [-0.39, 0.29) is 16.9 Å². The Hall–Kier alpha value is -2.63. The van der Waals surface area contributed by atoms with Gasteiger partial charge in [0.25, 0.3) is 0 Å². The summed E-state index contributed by atoms with van der Waals surface area (Å²) in [6, 6.07) is 7.61. The summed E-state index contributed by atoms with van der Waals surface area (Å²) in [6.07, 6.45) is 0. The number of carboxylic acid groups (broad SMARTS) is 1. The van der Waals surface area contributed by atoms with E-state index >= 15 is 0 Å². The molecule has 0 fully saturated rings. The number of anilines is 3. The molecule has 104 valence electrons. The Morgan fingerprint density at radius 2 is 1.95 bits per heavy atom. The Morgan fingerprint density at radius 3 is 2.55 bits per heavy atom. The van der Waals surface area contributed by atoms with E-state index in [2.05, 4.69) is 0 Å². The molecule has 4 nitrogen and oxygen atoms in total. The number of halogens is 2. The lowest BCUT2D eigenvalue weighted by Gasteiger charge is -2.21. The Bertz CT molecular complexity index is 674. The first-order chi connectivity index (χ1) is 9.40. The van der Waals surface area contributed by atoms with Crippen molar-refractivity contribution in [1.82, 2.24) is 0 Å². The van der Waals surface area contributed by atoms with Crippen LogP contribution in [-0.2, 0) is 0 Å². The molecule has 3 N–H and O–H groups in total. The van der Waals surface area contributed by atoms with Crippen LogP contribution in [0.4, 0.5) is 25.8 Å². The highest BCUT2D eigenvalue weighted by Gasteiger charge is 2.16. The van der Waals surface area contributed by atoms with E-state index in [1.165, 1.54) is 30.1 Å². The largest absolute Gasteiger partial charge is 0.478 e. The molecule has 6 heteroatoms. The molecular formula is C14H12F2N2O2. The van der Waals surface area contributed by atoms with Crippen LogP contribution in [0.5, 0.6) is 0 Å². The number of carboxylic acids is 1. The fraction of sp³-hybridized carbons (Fsp3) is 0.0714. The van der Waals surface area contributed by atoms with Crippen LogP contribution in [0.1, 0.15) is 10.4 Å². The zero-order valence-electron chi connectivity index (χ0n) is 10.6. The highest BCUT2D eigenvalue weighted by Crippen LogP contribution is 2.30. The summed E-state index contributed by atoms with van der Waals surface area (Å²) < 4.78 is 27.1. The van der Waals surface area contributed by atoms with E-state index < -0.39 is 17.6 Å². The van der Waals surface area contributed by atoms with Gasteiger partial charge >= 0.3 is 5.97 Å². The van der Waals surface area contributed by atoms with Crippen molar-refractivity contribution >= 4 is 23.0 Å². The molecule has 0 radical (unpaired) electrons. The van der Waals surface area contributed by atoms with E-state index in [4.69, 9.17) is 10.8 Å². The molecule has 0 aliphatic heterocycles. The lowest BCUT2D eigenvalue weighted by atomic mass is 10.1. The fourth-order valence-electron chi connectivity index (χ4n) is 1.84. The van der Waals surface area contributed by atoms with E-state index in [1.807, 2.05) is 0 Å². The van der Waals surface area contributed by atoms with Crippen LogP contribution in [0.15, 0.2) is 36.4 Å². The van der Waals surface area contributed by atoms with Crippen molar-refractivity contribution in [3.8, 4) is 0 Å². The molecule has 0 bridgehead atoms. The second-order valence-electron chi connectivity index (χ2n) is 4.23. The van der Waals surface area contributed by atoms with Crippen molar-refractivity contribution in [1.29, 1.82) is 0 Å². The van der Waals surface area contributed by atoms with Gasteiger partial charge in [0.2, 0.25) is 0 Å². The van der Waals surface area contributed by atoms with E-state index in [1.54, 1.807) is 6.07 Å². The minimum absolute atomic E-state index is 0.00204. The van der Waals surface area contributed by atoms with Gasteiger partial charge in [-0.25, -0.2) is 13.6 Å². The smallest absolute Gasteiger partial charge is 0.337 e. The van der Waals surface area contributed by atoms with Crippen LogP contribution in [0, 0.1) is 11.6 Å². The summed E-state index contributed by atoms with van der Waals surface area (Å²) in [7, 11) is 1.51. The van der Waals surface area contributed by atoms with Crippen molar-refractivity contribution in [2.75, 3.05) is 17.7 Å². The van der Waals surface area contributed by atoms with Crippen molar-refractivity contribution in [3.05, 3.63) is 53.6 Å². The molecule has 0 heterocycles. The number of nitrogens with two attached hydrogens (primary N) is 1. The molecule has 20 heavy (non-hydrogen) atoms. The minimum atomic E-state index is -1.25. The van der Waals surface area contributed by atoms with E-state index in [9.17, 15) is 13.6 Å². The molecule has 0 aliphatic rings. The molecule has 0 unspecified atom stereocenters. The number of benzene rings is 2. The number of hydrogen-bond donors (Lipinski definition) is 2. The summed E-state index contributed by atoms with van der Waals surface area (Å²) in [4.78, 5) is 12.4. The minimum Gasteiger partial charge on any atom is -0.478 e. The maximum absolute atomic E-state index is 13.9. The third-order valence-electron chi connectivity index (χ3n) is 2.91. The number of rotatable bonds is 3. The van der Waals surface area contributed by atoms with Gasteiger partial charge in [0.1, 0.15) is 11.6 Å². The maximum atomic E-state index is 13.9. The molecule has 0 amide bonds. The standard InChI is InChI=1S/C14H12F2N2O2/c1-18(9-4-2-3-8(15)5-9)13-6-10(14(19)20)12(17)7-11(13)16/h2-7H,17H2,1H3,(H,19,20). The first kappa shape index (κ1) is 13.8. The van der Waals surface area contributed by atoms with Crippen LogP contribution in [0.2, 0.25) is 0 Å². The number of carbonyl (C=O) groups is 1. The van der Waals surface area contributed by atoms with Gasteiger partial charge in [-0.05, 0) is 30.3 Å². The van der Waals surface area contributed by atoms with Gasteiger partial charge in [-0.2, -0.15) is 0 Å². The lowest BCUT2D eigenvalue weighted by Crippen LogP contribution is -2.14. The van der Waals surface area contributed by atoms with Gasteiger partial charge in [0, 0.05) is 18.4 Å². The normalized spacial score (nSPS) is 10.3. The topological polar surface area (TPSA) is 66.6 Å². The molecule has 0 atom stereocenters. The van der Waals surface area contributed by atoms with Gasteiger partial charge in [-0.15, -0.1) is 0 Å². The average molecular weight is 278 g/mol. The molecule has 2 rings (SSSR count). The highest BCUT2D eigenvalue weighted by molar-refractivity contribution is 5.95. The highest BCUT2D eigenvalue weighted by atomic mass is 19.1.